The van der Waals surface area contributed by atoms with Crippen LogP contribution in [0, 0.1) is 18.7 Å². The van der Waals surface area contributed by atoms with E-state index in [1.807, 2.05) is 7.05 Å². The maximum absolute atomic E-state index is 14.0. The maximum Gasteiger partial charge on any atom is 0.256 e. The Morgan fingerprint density at radius 2 is 2.32 bits per heavy atom. The lowest BCUT2D eigenvalue weighted by Gasteiger charge is -2.33. The molecule has 0 aliphatic carbocycles. The molecule has 2 rings (SSSR count). The molecular weight excluding hydrogens is 243 g/mol. The molecule has 0 aromatic heterocycles. The van der Waals surface area contributed by atoms with E-state index in [1.54, 1.807) is 30.0 Å². The second kappa shape index (κ2) is 6.15. The minimum absolute atomic E-state index is 0.179. The van der Waals surface area contributed by atoms with E-state index >= 15 is 0 Å². The van der Waals surface area contributed by atoms with Gasteiger partial charge in [-0.3, -0.25) is 4.79 Å². The number of rotatable bonds is 3. The van der Waals surface area contributed by atoms with Crippen molar-refractivity contribution in [2.24, 2.45) is 5.92 Å². The number of nitrogens with one attached hydrogen (secondary N) is 1. The normalized spacial score (nSPS) is 19.5. The smallest absolute Gasteiger partial charge is 0.256 e. The van der Waals surface area contributed by atoms with Crippen LogP contribution in [0.2, 0.25) is 0 Å². The number of aryl methyl sites for hydroxylation is 1. The summed E-state index contributed by atoms with van der Waals surface area (Å²) in [5.41, 5.74) is 0.722. The lowest BCUT2D eigenvalue weighted by molar-refractivity contribution is 0.0669. The van der Waals surface area contributed by atoms with Crippen molar-refractivity contribution in [3.63, 3.8) is 0 Å². The van der Waals surface area contributed by atoms with Gasteiger partial charge in [0.25, 0.3) is 5.91 Å². The summed E-state index contributed by atoms with van der Waals surface area (Å²) < 4.78 is 14.0. The molecule has 3 nitrogen and oxygen atoms in total. The molecule has 1 amide bonds. The number of hydrogen-bond donors (Lipinski definition) is 1. The van der Waals surface area contributed by atoms with Crippen molar-refractivity contribution in [3.8, 4) is 0 Å². The first kappa shape index (κ1) is 14.0. The van der Waals surface area contributed by atoms with Crippen LogP contribution in [-0.2, 0) is 0 Å². The lowest BCUT2D eigenvalue weighted by atomic mass is 9.97. The van der Waals surface area contributed by atoms with E-state index in [0.29, 0.717) is 18.0 Å². The number of carbonyl (C=O) groups excluding carboxylic acids is 1. The zero-order valence-electron chi connectivity index (χ0n) is 11.6. The molecule has 0 saturated carbocycles. The Labute approximate surface area is 113 Å². The standard InChI is InChI=1S/C15H21FN2O/c1-11-5-3-7-13(14(11)16)15(19)18-8-4-6-12(10-18)9-17-2/h3,5,7,12,17H,4,6,8-10H2,1-2H3/t12-/m1/s1. The van der Waals surface area contributed by atoms with Gasteiger partial charge in [0.2, 0.25) is 0 Å². The number of benzene rings is 1. The molecule has 1 heterocycles. The molecule has 0 radical (unpaired) electrons. The van der Waals surface area contributed by atoms with Crippen molar-refractivity contribution >= 4 is 5.91 Å². The zero-order chi connectivity index (χ0) is 13.8. The maximum atomic E-state index is 14.0. The van der Waals surface area contributed by atoms with E-state index in [9.17, 15) is 9.18 Å². The molecule has 1 aliphatic heterocycles. The SMILES string of the molecule is CNC[C@H]1CCCN(C(=O)c2cccc(C)c2F)C1. The third-order valence-electron chi connectivity index (χ3n) is 3.72. The molecule has 1 saturated heterocycles. The first-order valence-electron chi connectivity index (χ1n) is 6.82. The van der Waals surface area contributed by atoms with Gasteiger partial charge in [-0.05, 0) is 50.9 Å². The van der Waals surface area contributed by atoms with Crippen LogP contribution in [0.1, 0.15) is 28.8 Å². The van der Waals surface area contributed by atoms with Crippen LogP contribution in [0.5, 0.6) is 0 Å². The monoisotopic (exact) mass is 264 g/mol. The van der Waals surface area contributed by atoms with Crippen LogP contribution in [0.15, 0.2) is 18.2 Å². The summed E-state index contributed by atoms with van der Waals surface area (Å²) in [5, 5.41) is 3.15. The third-order valence-corrected chi connectivity index (χ3v) is 3.72. The highest BCUT2D eigenvalue weighted by Crippen LogP contribution is 2.20. The van der Waals surface area contributed by atoms with Crippen molar-refractivity contribution < 1.29 is 9.18 Å². The van der Waals surface area contributed by atoms with Crippen molar-refractivity contribution in [2.75, 3.05) is 26.7 Å². The van der Waals surface area contributed by atoms with Gasteiger partial charge in [0.15, 0.2) is 0 Å². The van der Waals surface area contributed by atoms with Gasteiger partial charge >= 0.3 is 0 Å². The summed E-state index contributed by atoms with van der Waals surface area (Å²) in [4.78, 5) is 14.2. The lowest BCUT2D eigenvalue weighted by Crippen LogP contribution is -2.42. The predicted molar refractivity (Wildman–Crippen MR) is 73.7 cm³/mol. The van der Waals surface area contributed by atoms with Gasteiger partial charge in [0.1, 0.15) is 5.82 Å². The van der Waals surface area contributed by atoms with Crippen molar-refractivity contribution in [1.82, 2.24) is 10.2 Å². The van der Waals surface area contributed by atoms with E-state index in [0.717, 1.165) is 25.9 Å². The first-order chi connectivity index (χ1) is 9.13. The summed E-state index contributed by atoms with van der Waals surface area (Å²) in [6.45, 7) is 4.03. The van der Waals surface area contributed by atoms with Crippen LogP contribution in [0.3, 0.4) is 0 Å². The van der Waals surface area contributed by atoms with Gasteiger partial charge in [-0.1, -0.05) is 12.1 Å². The van der Waals surface area contributed by atoms with Gasteiger partial charge < -0.3 is 10.2 Å². The molecule has 4 heteroatoms. The van der Waals surface area contributed by atoms with Crippen LogP contribution in [0.4, 0.5) is 4.39 Å². The molecule has 0 bridgehead atoms. The molecule has 1 atom stereocenters. The Bertz CT molecular complexity index is 459. The molecule has 1 aliphatic rings. The number of carbonyl (C=O) groups is 1. The van der Waals surface area contributed by atoms with E-state index in [2.05, 4.69) is 5.32 Å². The van der Waals surface area contributed by atoms with Crippen LogP contribution in [0.25, 0.3) is 0 Å². The molecule has 1 fully saturated rings. The summed E-state index contributed by atoms with van der Waals surface area (Å²) in [7, 11) is 1.92. The minimum atomic E-state index is -0.386. The fraction of sp³-hybridized carbons (Fsp3) is 0.533. The average Bonchev–Trinajstić information content (AvgIpc) is 2.42. The number of amides is 1. The first-order valence-corrected chi connectivity index (χ1v) is 6.82. The highest BCUT2D eigenvalue weighted by atomic mass is 19.1. The Morgan fingerprint density at radius 3 is 3.05 bits per heavy atom. The fourth-order valence-electron chi connectivity index (χ4n) is 2.69. The molecule has 1 N–H and O–H groups in total. The minimum Gasteiger partial charge on any atom is -0.338 e. The van der Waals surface area contributed by atoms with Gasteiger partial charge in [0.05, 0.1) is 5.56 Å². The topological polar surface area (TPSA) is 32.3 Å². The average molecular weight is 264 g/mol. The van der Waals surface area contributed by atoms with Crippen LogP contribution >= 0.6 is 0 Å². The molecule has 19 heavy (non-hydrogen) atoms. The second-order valence-electron chi connectivity index (χ2n) is 5.25. The van der Waals surface area contributed by atoms with E-state index < -0.39 is 0 Å². The number of hydrogen-bond acceptors (Lipinski definition) is 2. The van der Waals surface area contributed by atoms with Gasteiger partial charge in [-0.25, -0.2) is 4.39 Å². The van der Waals surface area contributed by atoms with Crippen molar-refractivity contribution in [1.29, 1.82) is 0 Å². The van der Waals surface area contributed by atoms with Crippen molar-refractivity contribution in [3.05, 3.63) is 35.1 Å². The van der Waals surface area contributed by atoms with Crippen LogP contribution in [-0.4, -0.2) is 37.5 Å². The number of piperidine rings is 1. The van der Waals surface area contributed by atoms with E-state index in [1.165, 1.54) is 0 Å². The summed E-state index contributed by atoms with van der Waals surface area (Å²) in [5.74, 6) is -0.0965. The molecule has 1 aromatic rings. The largest absolute Gasteiger partial charge is 0.338 e. The van der Waals surface area contributed by atoms with E-state index in [4.69, 9.17) is 0 Å². The third kappa shape index (κ3) is 3.13. The van der Waals surface area contributed by atoms with Gasteiger partial charge in [-0.2, -0.15) is 0 Å². The van der Waals surface area contributed by atoms with Gasteiger partial charge in [0, 0.05) is 13.1 Å². The molecule has 1 aromatic carbocycles. The summed E-state index contributed by atoms with van der Waals surface area (Å²) in [6.07, 6.45) is 2.12. The highest BCUT2D eigenvalue weighted by molar-refractivity contribution is 5.94. The molecule has 0 spiro atoms. The Morgan fingerprint density at radius 1 is 1.53 bits per heavy atom. The summed E-state index contributed by atoms with van der Waals surface area (Å²) >= 11 is 0. The van der Waals surface area contributed by atoms with E-state index in [-0.39, 0.29) is 17.3 Å². The predicted octanol–water partition coefficient (Wildman–Crippen LogP) is 2.21. The molecular formula is C15H21FN2O. The Hall–Kier alpha value is -1.42. The zero-order valence-corrected chi connectivity index (χ0v) is 11.6. The number of likely N-dealkylation sites (tertiary alicyclic amines) is 1. The summed E-state index contributed by atoms with van der Waals surface area (Å²) in [6, 6.07) is 5.00. The number of nitrogens with zero attached hydrogens (tertiary/aromatic N) is 1. The Balaban J connectivity index is 2.12. The van der Waals surface area contributed by atoms with Gasteiger partial charge in [-0.15, -0.1) is 0 Å². The van der Waals surface area contributed by atoms with Crippen LogP contribution < -0.4 is 5.32 Å². The quantitative estimate of drug-likeness (QED) is 0.907. The Kier molecular flexibility index (Phi) is 4.53. The number of halogens is 1. The second-order valence-corrected chi connectivity index (χ2v) is 5.25. The molecule has 0 unspecified atom stereocenters. The fourth-order valence-corrected chi connectivity index (χ4v) is 2.69. The van der Waals surface area contributed by atoms with Crippen molar-refractivity contribution in [2.45, 2.75) is 19.8 Å². The highest BCUT2D eigenvalue weighted by Gasteiger charge is 2.25. The molecule has 104 valence electrons.